The van der Waals surface area contributed by atoms with Gasteiger partial charge in [-0.2, -0.15) is 10.2 Å². The summed E-state index contributed by atoms with van der Waals surface area (Å²) < 4.78 is 33.4. The Balaban J connectivity index is 1.05. The third-order valence-corrected chi connectivity index (χ3v) is 9.31. The topological polar surface area (TPSA) is 127 Å². The maximum atomic E-state index is 14.3. The maximum Gasteiger partial charge on any atom is 0.371 e. The molecule has 4 aromatic rings. The summed E-state index contributed by atoms with van der Waals surface area (Å²) in [7, 11) is 0. The van der Waals surface area contributed by atoms with Crippen LogP contribution in [0, 0.1) is 29.0 Å². The number of halogens is 1. The molecule has 0 amide bonds. The molecular weight excluding hydrogens is 541 g/mol. The van der Waals surface area contributed by atoms with Gasteiger partial charge in [0, 0.05) is 36.3 Å². The largest absolute Gasteiger partial charge is 0.475 e. The number of ether oxygens (including phenoxy) is 2. The third-order valence-electron chi connectivity index (χ3n) is 9.31. The molecule has 4 atom stereocenters. The summed E-state index contributed by atoms with van der Waals surface area (Å²) in [5, 5.41) is 18.3. The summed E-state index contributed by atoms with van der Waals surface area (Å²) >= 11 is 0. The van der Waals surface area contributed by atoms with Crippen molar-refractivity contribution in [3.63, 3.8) is 0 Å². The van der Waals surface area contributed by atoms with Crippen LogP contribution < -0.4 is 4.74 Å². The third kappa shape index (κ3) is 4.51. The van der Waals surface area contributed by atoms with E-state index in [1.165, 1.54) is 6.07 Å². The molecule has 10 nitrogen and oxygen atoms in total. The fraction of sp³-hybridized carbons (Fsp3) is 0.419. The number of carboxylic acids is 1. The van der Waals surface area contributed by atoms with Crippen molar-refractivity contribution in [3.05, 3.63) is 76.7 Å². The number of benzene rings is 1. The van der Waals surface area contributed by atoms with Crippen molar-refractivity contribution in [1.29, 1.82) is 5.26 Å². The summed E-state index contributed by atoms with van der Waals surface area (Å²) in [4.78, 5) is 23.4. The summed E-state index contributed by atoms with van der Waals surface area (Å²) in [6.07, 6.45) is 1.99. The predicted molar refractivity (Wildman–Crippen MR) is 147 cm³/mol. The number of rotatable bonds is 9. The first-order valence-corrected chi connectivity index (χ1v) is 14.2. The number of carboxylic acid groups (broad SMARTS) is 1. The lowest BCUT2D eigenvalue weighted by Gasteiger charge is -2.32. The van der Waals surface area contributed by atoms with E-state index in [9.17, 15) is 14.3 Å². The van der Waals surface area contributed by atoms with Crippen molar-refractivity contribution in [3.8, 4) is 11.9 Å². The second-order valence-corrected chi connectivity index (χ2v) is 11.5. The van der Waals surface area contributed by atoms with Crippen LogP contribution in [0.25, 0.3) is 11.2 Å². The zero-order valence-corrected chi connectivity index (χ0v) is 23.1. The molecule has 42 heavy (non-hydrogen) atoms. The highest BCUT2D eigenvalue weighted by Crippen LogP contribution is 2.63. The number of hydrogen-bond donors (Lipinski definition) is 1. The van der Waals surface area contributed by atoms with Crippen LogP contribution in [0.4, 0.5) is 4.39 Å². The molecule has 3 aromatic heterocycles. The van der Waals surface area contributed by atoms with E-state index in [2.05, 4.69) is 17.9 Å². The number of aromatic nitrogens is 3. The molecule has 0 radical (unpaired) electrons. The van der Waals surface area contributed by atoms with Crippen LogP contribution in [0.3, 0.4) is 0 Å². The molecule has 2 aliphatic heterocycles. The minimum Gasteiger partial charge on any atom is -0.475 e. The monoisotopic (exact) mass is 571 g/mol. The van der Waals surface area contributed by atoms with E-state index in [0.717, 1.165) is 44.1 Å². The average molecular weight is 572 g/mol. The molecule has 11 heteroatoms. The number of fused-ring (bicyclic) bond motifs is 2. The Morgan fingerprint density at radius 2 is 2.14 bits per heavy atom. The second kappa shape index (κ2) is 10.2. The first-order valence-electron chi connectivity index (χ1n) is 14.2. The van der Waals surface area contributed by atoms with Gasteiger partial charge in [0.1, 0.15) is 23.8 Å². The molecule has 1 N–H and O–H groups in total. The highest BCUT2D eigenvalue weighted by molar-refractivity contribution is 5.89. The van der Waals surface area contributed by atoms with E-state index < -0.39 is 11.8 Å². The number of furan rings is 1. The van der Waals surface area contributed by atoms with Crippen LogP contribution in [0.2, 0.25) is 0 Å². The first-order chi connectivity index (χ1) is 20.4. The molecule has 5 heterocycles. The van der Waals surface area contributed by atoms with Gasteiger partial charge in [0.25, 0.3) is 0 Å². The minimum absolute atomic E-state index is 0.0309. The summed E-state index contributed by atoms with van der Waals surface area (Å²) in [5.74, 6) is 0.472. The van der Waals surface area contributed by atoms with Gasteiger partial charge in [0.2, 0.25) is 17.4 Å². The van der Waals surface area contributed by atoms with Crippen molar-refractivity contribution in [2.24, 2.45) is 11.8 Å². The SMILES string of the molecule is C[C@H]1[C@H]2CN(Cc3nc4oc(C(=O)O)cc4n3C[C@@H]3CCO3)CC[C@]21c1cccc(OCc2ccc(C#N)cc2F)n1. The molecule has 7 rings (SSSR count). The van der Waals surface area contributed by atoms with E-state index in [1.807, 2.05) is 16.7 Å². The molecule has 0 unspecified atom stereocenters. The summed E-state index contributed by atoms with van der Waals surface area (Å²) in [5.41, 5.74) is 2.64. The highest BCUT2D eigenvalue weighted by Gasteiger charge is 2.65. The van der Waals surface area contributed by atoms with E-state index in [1.54, 1.807) is 24.3 Å². The molecular formula is C31H30FN5O5. The van der Waals surface area contributed by atoms with Crippen LogP contribution >= 0.6 is 0 Å². The van der Waals surface area contributed by atoms with E-state index in [-0.39, 0.29) is 29.4 Å². The number of pyridine rings is 1. The molecule has 1 aromatic carbocycles. The van der Waals surface area contributed by atoms with Crippen molar-refractivity contribution >= 4 is 17.2 Å². The number of nitriles is 1. The van der Waals surface area contributed by atoms with E-state index >= 15 is 0 Å². The average Bonchev–Trinajstić information content (AvgIpc) is 3.21. The zero-order chi connectivity index (χ0) is 29.0. The van der Waals surface area contributed by atoms with Gasteiger partial charge in [0.05, 0.1) is 36.5 Å². The van der Waals surface area contributed by atoms with Crippen molar-refractivity contribution in [2.75, 3.05) is 19.7 Å². The lowest BCUT2D eigenvalue weighted by Crippen LogP contribution is -2.37. The number of likely N-dealkylation sites (tertiary alicyclic amines) is 1. The number of aromatic carboxylic acids is 1. The number of imidazole rings is 1. The molecule has 2 saturated heterocycles. The first kappa shape index (κ1) is 26.6. The Labute approximate surface area is 241 Å². The normalized spacial score (nSPS) is 25.0. The van der Waals surface area contributed by atoms with Crippen LogP contribution in [-0.4, -0.2) is 56.3 Å². The van der Waals surface area contributed by atoms with Gasteiger partial charge in [-0.05, 0) is 49.4 Å². The Morgan fingerprint density at radius 1 is 1.29 bits per heavy atom. The number of piperidine rings is 1. The number of hydrogen-bond acceptors (Lipinski definition) is 8. The van der Waals surface area contributed by atoms with Crippen molar-refractivity contribution in [1.82, 2.24) is 19.4 Å². The molecule has 3 aliphatic rings. The summed E-state index contributed by atoms with van der Waals surface area (Å²) in [6, 6.07) is 13.6. The van der Waals surface area contributed by atoms with Gasteiger partial charge in [-0.1, -0.05) is 19.1 Å². The Hall–Kier alpha value is -4.27. The Morgan fingerprint density at radius 3 is 2.86 bits per heavy atom. The number of nitrogens with zero attached hydrogens (tertiary/aromatic N) is 5. The predicted octanol–water partition coefficient (Wildman–Crippen LogP) is 4.51. The van der Waals surface area contributed by atoms with Crippen LogP contribution in [-0.2, 0) is 29.8 Å². The van der Waals surface area contributed by atoms with E-state index in [4.69, 9.17) is 29.1 Å². The molecule has 0 bridgehead atoms. The second-order valence-electron chi connectivity index (χ2n) is 11.5. The molecule has 3 fully saturated rings. The molecule has 1 saturated carbocycles. The highest BCUT2D eigenvalue weighted by atomic mass is 19.1. The summed E-state index contributed by atoms with van der Waals surface area (Å²) in [6.45, 7) is 6.03. The van der Waals surface area contributed by atoms with Gasteiger partial charge < -0.3 is 23.6 Å². The van der Waals surface area contributed by atoms with Crippen LogP contribution in [0.1, 0.15) is 53.0 Å². The molecule has 0 spiro atoms. The number of carbonyl (C=O) groups is 1. The van der Waals surface area contributed by atoms with E-state index in [0.29, 0.717) is 47.6 Å². The quantitative estimate of drug-likeness (QED) is 0.309. The standard InChI is InChI=1S/C31H30FN5O5/c1-18-22-15-36(16-27-35-29-24(12-25(42-29)30(38)39)37(27)14-21-7-10-40-21)9-8-31(18,22)26-3-2-4-28(34-26)41-17-20-6-5-19(13-33)11-23(20)32/h2-6,11-12,18,21-22H,7-10,14-17H2,1H3,(H,38,39)/t18-,21-,22+,31+/m0/s1. The van der Waals surface area contributed by atoms with Crippen LogP contribution in [0.5, 0.6) is 5.88 Å². The lowest BCUT2D eigenvalue weighted by atomic mass is 9.90. The van der Waals surface area contributed by atoms with Gasteiger partial charge >= 0.3 is 5.97 Å². The van der Waals surface area contributed by atoms with Gasteiger partial charge in [-0.25, -0.2) is 14.2 Å². The Kier molecular flexibility index (Phi) is 6.48. The maximum absolute atomic E-state index is 14.3. The zero-order valence-electron chi connectivity index (χ0n) is 23.1. The van der Waals surface area contributed by atoms with Crippen molar-refractivity contribution < 1.29 is 28.2 Å². The van der Waals surface area contributed by atoms with Gasteiger partial charge in [-0.3, -0.25) is 4.90 Å². The molecule has 216 valence electrons. The fourth-order valence-corrected chi connectivity index (χ4v) is 6.73. The minimum atomic E-state index is -1.11. The van der Waals surface area contributed by atoms with Gasteiger partial charge in [0.15, 0.2) is 0 Å². The molecule has 1 aliphatic carbocycles. The smallest absolute Gasteiger partial charge is 0.371 e. The van der Waals surface area contributed by atoms with Crippen molar-refractivity contribution in [2.45, 2.75) is 51.0 Å². The fourth-order valence-electron chi connectivity index (χ4n) is 6.73. The van der Waals surface area contributed by atoms with Gasteiger partial charge in [-0.15, -0.1) is 0 Å². The lowest BCUT2D eigenvalue weighted by molar-refractivity contribution is -0.0592. The Bertz CT molecular complexity index is 1720. The van der Waals surface area contributed by atoms with Crippen LogP contribution in [0.15, 0.2) is 46.9 Å².